The fraction of sp³-hybridized carbons (Fsp3) is 0.300. The number of halogens is 2. The molecule has 2 aromatic carbocycles. The summed E-state index contributed by atoms with van der Waals surface area (Å²) in [4.78, 5) is 24.5. The Morgan fingerprint density at radius 2 is 1.70 bits per heavy atom. The number of benzene rings is 2. The van der Waals surface area contributed by atoms with Crippen molar-refractivity contribution >= 4 is 50.8 Å². The van der Waals surface area contributed by atoms with Crippen LogP contribution in [0.15, 0.2) is 47.4 Å². The molecule has 2 aromatic rings. The highest BCUT2D eigenvalue weighted by molar-refractivity contribution is 7.89. The normalized spacial score (nSPS) is 15.6. The van der Waals surface area contributed by atoms with Gasteiger partial charge in [0.05, 0.1) is 28.3 Å². The molecule has 1 aliphatic rings. The lowest BCUT2D eigenvalue weighted by atomic mass is 9.97. The molecule has 1 fully saturated rings. The molecule has 1 amide bonds. The van der Waals surface area contributed by atoms with Gasteiger partial charge in [0.25, 0.3) is 0 Å². The van der Waals surface area contributed by atoms with Crippen molar-refractivity contribution in [2.24, 2.45) is 5.92 Å². The van der Waals surface area contributed by atoms with Crippen LogP contribution >= 0.6 is 23.2 Å². The lowest BCUT2D eigenvalue weighted by Gasteiger charge is -2.30. The van der Waals surface area contributed by atoms with E-state index in [2.05, 4.69) is 10.1 Å². The molecule has 0 spiro atoms. The molecule has 10 heteroatoms. The number of methoxy groups -OCH3 is 1. The number of sulfonamides is 1. The van der Waals surface area contributed by atoms with Crippen LogP contribution in [0.2, 0.25) is 10.0 Å². The van der Waals surface area contributed by atoms with Crippen molar-refractivity contribution in [2.75, 3.05) is 25.5 Å². The largest absolute Gasteiger partial charge is 0.465 e. The highest BCUT2D eigenvalue weighted by Crippen LogP contribution is 2.28. The van der Waals surface area contributed by atoms with Crippen molar-refractivity contribution in [3.05, 3.63) is 58.1 Å². The maximum Gasteiger partial charge on any atom is 0.337 e. The molecule has 3 rings (SSSR count). The molecular weight excluding hydrogens is 451 g/mol. The summed E-state index contributed by atoms with van der Waals surface area (Å²) in [7, 11) is -2.38. The predicted molar refractivity (Wildman–Crippen MR) is 114 cm³/mol. The van der Waals surface area contributed by atoms with Gasteiger partial charge in [-0.1, -0.05) is 23.2 Å². The quantitative estimate of drug-likeness (QED) is 0.670. The Morgan fingerprint density at radius 3 is 2.30 bits per heavy atom. The summed E-state index contributed by atoms with van der Waals surface area (Å²) in [6.45, 7) is 0.442. The Balaban J connectivity index is 1.64. The molecule has 0 atom stereocenters. The average Bonchev–Trinajstić information content (AvgIpc) is 2.75. The van der Waals surface area contributed by atoms with Gasteiger partial charge in [-0.3, -0.25) is 4.79 Å². The molecule has 0 bridgehead atoms. The van der Waals surface area contributed by atoms with Crippen LogP contribution in [-0.4, -0.2) is 44.8 Å². The molecule has 1 aliphatic heterocycles. The van der Waals surface area contributed by atoms with Crippen molar-refractivity contribution in [2.45, 2.75) is 17.7 Å². The molecule has 7 nitrogen and oxygen atoms in total. The van der Waals surface area contributed by atoms with Crippen LogP contribution in [0.3, 0.4) is 0 Å². The standard InChI is InChI=1S/C20H20Cl2N2O5S/c1-29-20(26)14-2-7-17(22)18(12-14)23-19(25)13-8-10-24(11-9-13)30(27,28)16-5-3-15(21)4-6-16/h2-7,12-13H,8-11H2,1H3,(H,23,25). The van der Waals surface area contributed by atoms with Crippen LogP contribution in [0.4, 0.5) is 5.69 Å². The number of piperidine rings is 1. The zero-order valence-corrected chi connectivity index (χ0v) is 18.4. The van der Waals surface area contributed by atoms with E-state index in [4.69, 9.17) is 23.2 Å². The number of nitrogens with zero attached hydrogens (tertiary/aromatic N) is 1. The van der Waals surface area contributed by atoms with Gasteiger partial charge in [0.15, 0.2) is 0 Å². The van der Waals surface area contributed by atoms with Crippen molar-refractivity contribution in [3.8, 4) is 0 Å². The Labute approximate surface area is 185 Å². The highest BCUT2D eigenvalue weighted by atomic mass is 35.5. The first-order valence-electron chi connectivity index (χ1n) is 9.17. The van der Waals surface area contributed by atoms with E-state index in [1.807, 2.05) is 0 Å². The van der Waals surface area contributed by atoms with Gasteiger partial charge in [-0.2, -0.15) is 4.31 Å². The Morgan fingerprint density at radius 1 is 1.07 bits per heavy atom. The Kier molecular flexibility index (Phi) is 7.02. The van der Waals surface area contributed by atoms with Gasteiger partial charge in [-0.05, 0) is 55.3 Å². The molecule has 1 saturated heterocycles. The number of carbonyl (C=O) groups is 2. The van der Waals surface area contributed by atoms with Gasteiger partial charge in [-0.15, -0.1) is 0 Å². The second-order valence-corrected chi connectivity index (χ2v) is 9.59. The topological polar surface area (TPSA) is 92.8 Å². The van der Waals surface area contributed by atoms with Crippen LogP contribution in [0.1, 0.15) is 23.2 Å². The van der Waals surface area contributed by atoms with Crippen LogP contribution in [0, 0.1) is 5.92 Å². The third-order valence-electron chi connectivity index (χ3n) is 4.92. The van der Waals surface area contributed by atoms with Crippen molar-refractivity contribution in [1.82, 2.24) is 4.31 Å². The number of anilines is 1. The van der Waals surface area contributed by atoms with E-state index in [0.29, 0.717) is 28.6 Å². The van der Waals surface area contributed by atoms with E-state index in [-0.39, 0.29) is 35.4 Å². The minimum atomic E-state index is -3.64. The number of rotatable bonds is 5. The monoisotopic (exact) mass is 470 g/mol. The van der Waals surface area contributed by atoms with Gasteiger partial charge >= 0.3 is 5.97 Å². The van der Waals surface area contributed by atoms with Gasteiger partial charge < -0.3 is 10.1 Å². The minimum absolute atomic E-state index is 0.168. The molecule has 0 unspecified atom stereocenters. The highest BCUT2D eigenvalue weighted by Gasteiger charge is 2.32. The lowest BCUT2D eigenvalue weighted by Crippen LogP contribution is -2.41. The van der Waals surface area contributed by atoms with Crippen molar-refractivity contribution in [1.29, 1.82) is 0 Å². The number of esters is 1. The molecule has 0 aromatic heterocycles. The molecule has 1 heterocycles. The van der Waals surface area contributed by atoms with E-state index in [9.17, 15) is 18.0 Å². The maximum absolute atomic E-state index is 12.8. The third kappa shape index (κ3) is 4.95. The zero-order chi connectivity index (χ0) is 21.9. The fourth-order valence-corrected chi connectivity index (χ4v) is 4.98. The van der Waals surface area contributed by atoms with Crippen molar-refractivity contribution in [3.63, 3.8) is 0 Å². The molecule has 0 saturated carbocycles. The smallest absolute Gasteiger partial charge is 0.337 e. The predicted octanol–water partition coefficient (Wildman–Crippen LogP) is 3.82. The summed E-state index contributed by atoms with van der Waals surface area (Å²) in [5.74, 6) is -1.19. The lowest BCUT2D eigenvalue weighted by molar-refractivity contribution is -0.120. The summed E-state index contributed by atoms with van der Waals surface area (Å²) in [5, 5.41) is 3.48. The van der Waals surface area contributed by atoms with E-state index in [0.717, 1.165) is 0 Å². The SMILES string of the molecule is COC(=O)c1ccc(Cl)c(NC(=O)C2CCN(S(=O)(=O)c3ccc(Cl)cc3)CC2)c1. The first kappa shape index (κ1) is 22.6. The summed E-state index contributed by atoms with van der Waals surface area (Å²) in [6.07, 6.45) is 0.736. The molecular formula is C20H20Cl2N2O5S. The van der Waals surface area contributed by atoms with Gasteiger partial charge in [0.2, 0.25) is 15.9 Å². The third-order valence-corrected chi connectivity index (χ3v) is 7.42. The molecule has 1 N–H and O–H groups in total. The fourth-order valence-electron chi connectivity index (χ4n) is 3.21. The first-order valence-corrected chi connectivity index (χ1v) is 11.4. The van der Waals surface area contributed by atoms with Crippen LogP contribution in [-0.2, 0) is 19.6 Å². The van der Waals surface area contributed by atoms with Gasteiger partial charge in [-0.25, -0.2) is 13.2 Å². The van der Waals surface area contributed by atoms with Crippen LogP contribution in [0.5, 0.6) is 0 Å². The maximum atomic E-state index is 12.8. The van der Waals surface area contributed by atoms with Crippen molar-refractivity contribution < 1.29 is 22.7 Å². The number of amides is 1. The van der Waals surface area contributed by atoms with Gasteiger partial charge in [0.1, 0.15) is 0 Å². The van der Waals surface area contributed by atoms with Gasteiger partial charge in [0, 0.05) is 24.0 Å². The van der Waals surface area contributed by atoms with Crippen LogP contribution in [0.25, 0.3) is 0 Å². The molecule has 0 aliphatic carbocycles. The molecule has 160 valence electrons. The number of carbonyl (C=O) groups excluding carboxylic acids is 2. The molecule has 0 radical (unpaired) electrons. The Bertz CT molecular complexity index is 1050. The second kappa shape index (κ2) is 9.34. The summed E-state index contributed by atoms with van der Waals surface area (Å²) >= 11 is 12.0. The first-order chi connectivity index (χ1) is 14.2. The number of ether oxygens (including phenoxy) is 1. The summed E-state index contributed by atoms with van der Waals surface area (Å²) < 4.78 is 31.6. The van der Waals surface area contributed by atoms with E-state index < -0.39 is 16.0 Å². The minimum Gasteiger partial charge on any atom is -0.465 e. The summed E-state index contributed by atoms with van der Waals surface area (Å²) in [5.41, 5.74) is 0.571. The summed E-state index contributed by atoms with van der Waals surface area (Å²) in [6, 6.07) is 10.4. The number of hydrogen-bond donors (Lipinski definition) is 1. The van der Waals surface area contributed by atoms with E-state index >= 15 is 0 Å². The second-order valence-electron chi connectivity index (χ2n) is 6.81. The van der Waals surface area contributed by atoms with E-state index in [1.54, 1.807) is 0 Å². The number of nitrogens with one attached hydrogen (secondary N) is 1. The average molecular weight is 471 g/mol. The van der Waals surface area contributed by atoms with E-state index in [1.165, 1.54) is 53.9 Å². The zero-order valence-electron chi connectivity index (χ0n) is 16.1. The van der Waals surface area contributed by atoms with Crippen LogP contribution < -0.4 is 5.32 Å². The Hall–Kier alpha value is -2.13. The number of hydrogen-bond acceptors (Lipinski definition) is 5. The molecule has 30 heavy (non-hydrogen) atoms.